The number of para-hydroxylation sites is 2. The molecule has 6 heteroatoms. The van der Waals surface area contributed by atoms with E-state index in [9.17, 15) is 4.79 Å². The molecule has 0 bridgehead atoms. The molecule has 2 N–H and O–H groups in total. The molecule has 1 unspecified atom stereocenters. The number of hydrogen-bond donors (Lipinski definition) is 2. The summed E-state index contributed by atoms with van der Waals surface area (Å²) in [6.45, 7) is 8.44. The molecule has 0 fully saturated rings. The van der Waals surface area contributed by atoms with Crippen molar-refractivity contribution >= 4 is 23.2 Å². The monoisotopic (exact) mass is 413 g/mol. The van der Waals surface area contributed by atoms with Crippen LogP contribution in [0, 0.1) is 0 Å². The lowest BCUT2D eigenvalue weighted by molar-refractivity contribution is -0.118. The Kier molecular flexibility index (Phi) is 7.55. The first-order valence-electron chi connectivity index (χ1n) is 10.0. The number of halogens is 1. The maximum atomic E-state index is 12.9. The molecule has 0 saturated heterocycles. The van der Waals surface area contributed by atoms with E-state index in [1.54, 1.807) is 4.90 Å². The summed E-state index contributed by atoms with van der Waals surface area (Å²) in [6, 6.07) is 15.4. The van der Waals surface area contributed by atoms with Crippen molar-refractivity contribution in [2.24, 2.45) is 0 Å². The second kappa shape index (κ2) is 10.3. The molecule has 154 valence electrons. The Morgan fingerprint density at radius 2 is 2.07 bits per heavy atom. The van der Waals surface area contributed by atoms with Gasteiger partial charge in [0.25, 0.3) is 0 Å². The Morgan fingerprint density at radius 3 is 2.86 bits per heavy atom. The smallest absolute Gasteiger partial charge is 0.241 e. The SMILES string of the molecule is C=C(NCCC)C1CN(C(=O)CNCCc2cccc(Cl)c2)c2ccccc2O1. The van der Waals surface area contributed by atoms with Crippen LogP contribution < -0.4 is 20.3 Å². The number of nitrogens with zero attached hydrogens (tertiary/aromatic N) is 1. The fourth-order valence-corrected chi connectivity index (χ4v) is 3.48. The van der Waals surface area contributed by atoms with Gasteiger partial charge in [-0.2, -0.15) is 0 Å². The third-order valence-corrected chi connectivity index (χ3v) is 5.06. The molecule has 5 nitrogen and oxygen atoms in total. The van der Waals surface area contributed by atoms with E-state index in [0.29, 0.717) is 18.8 Å². The van der Waals surface area contributed by atoms with E-state index in [2.05, 4.69) is 24.1 Å². The number of carbonyl (C=O) groups excluding carboxylic acids is 1. The van der Waals surface area contributed by atoms with E-state index < -0.39 is 0 Å². The highest BCUT2D eigenvalue weighted by molar-refractivity contribution is 6.30. The van der Waals surface area contributed by atoms with Crippen LogP contribution in [-0.2, 0) is 11.2 Å². The minimum absolute atomic E-state index is 0.0140. The van der Waals surface area contributed by atoms with Crippen molar-refractivity contribution in [3.05, 3.63) is 71.4 Å². The standard InChI is InChI=1S/C23H28ClN3O2/c1-3-12-26-17(2)22-16-27(20-9-4-5-10-21(20)29-22)23(28)15-25-13-11-18-7-6-8-19(24)14-18/h4-10,14,22,25-26H,2-3,11-13,15-16H2,1H3. The second-order valence-corrected chi connectivity index (χ2v) is 7.52. The van der Waals surface area contributed by atoms with Gasteiger partial charge in [-0.05, 0) is 49.2 Å². The maximum absolute atomic E-state index is 12.9. The number of benzene rings is 2. The van der Waals surface area contributed by atoms with Crippen LogP contribution in [0.2, 0.25) is 5.02 Å². The van der Waals surface area contributed by atoms with E-state index in [-0.39, 0.29) is 18.6 Å². The minimum Gasteiger partial charge on any atom is -0.480 e. The van der Waals surface area contributed by atoms with Crippen molar-refractivity contribution in [1.29, 1.82) is 0 Å². The predicted molar refractivity (Wildman–Crippen MR) is 119 cm³/mol. The van der Waals surface area contributed by atoms with Gasteiger partial charge in [0.05, 0.1) is 18.8 Å². The summed E-state index contributed by atoms with van der Waals surface area (Å²) in [5.74, 6) is 0.718. The topological polar surface area (TPSA) is 53.6 Å². The van der Waals surface area contributed by atoms with Crippen molar-refractivity contribution in [1.82, 2.24) is 10.6 Å². The molecule has 0 aliphatic carbocycles. The highest BCUT2D eigenvalue weighted by Gasteiger charge is 2.30. The van der Waals surface area contributed by atoms with E-state index in [1.807, 2.05) is 48.5 Å². The number of anilines is 1. The average molecular weight is 414 g/mol. The second-order valence-electron chi connectivity index (χ2n) is 7.09. The number of hydrogen-bond acceptors (Lipinski definition) is 4. The fourth-order valence-electron chi connectivity index (χ4n) is 3.27. The molecule has 1 atom stereocenters. The van der Waals surface area contributed by atoms with E-state index in [1.165, 1.54) is 0 Å². The van der Waals surface area contributed by atoms with Gasteiger partial charge in [-0.25, -0.2) is 0 Å². The molecule has 0 aromatic heterocycles. The summed E-state index contributed by atoms with van der Waals surface area (Å²) in [6.07, 6.45) is 1.54. The van der Waals surface area contributed by atoms with Crippen LogP contribution in [0.15, 0.2) is 60.8 Å². The van der Waals surface area contributed by atoms with Gasteiger partial charge >= 0.3 is 0 Å². The Labute approximate surface area is 177 Å². The van der Waals surface area contributed by atoms with E-state index >= 15 is 0 Å². The summed E-state index contributed by atoms with van der Waals surface area (Å²) >= 11 is 6.02. The van der Waals surface area contributed by atoms with Crippen molar-refractivity contribution < 1.29 is 9.53 Å². The summed E-state index contributed by atoms with van der Waals surface area (Å²) in [5.41, 5.74) is 2.74. The summed E-state index contributed by atoms with van der Waals surface area (Å²) in [7, 11) is 0. The van der Waals surface area contributed by atoms with Crippen LogP contribution in [0.3, 0.4) is 0 Å². The van der Waals surface area contributed by atoms with Gasteiger partial charge in [0, 0.05) is 17.3 Å². The molecular formula is C23H28ClN3O2. The number of rotatable bonds is 9. The van der Waals surface area contributed by atoms with Crippen molar-refractivity contribution in [2.45, 2.75) is 25.9 Å². The molecule has 2 aromatic carbocycles. The van der Waals surface area contributed by atoms with Crippen LogP contribution >= 0.6 is 11.6 Å². The van der Waals surface area contributed by atoms with Crippen molar-refractivity contribution in [3.63, 3.8) is 0 Å². The molecular weight excluding hydrogens is 386 g/mol. The first-order valence-corrected chi connectivity index (χ1v) is 10.4. The van der Waals surface area contributed by atoms with Crippen molar-refractivity contribution in [2.75, 3.05) is 31.1 Å². The van der Waals surface area contributed by atoms with E-state index in [4.69, 9.17) is 16.3 Å². The Balaban J connectivity index is 1.59. The molecule has 1 aliphatic rings. The maximum Gasteiger partial charge on any atom is 0.241 e. The normalized spacial score (nSPS) is 15.4. The number of carbonyl (C=O) groups is 1. The Morgan fingerprint density at radius 1 is 1.24 bits per heavy atom. The van der Waals surface area contributed by atoms with Gasteiger partial charge < -0.3 is 20.3 Å². The molecule has 29 heavy (non-hydrogen) atoms. The molecule has 2 aromatic rings. The van der Waals surface area contributed by atoms with Gasteiger partial charge in [-0.15, -0.1) is 0 Å². The number of ether oxygens (including phenoxy) is 1. The zero-order chi connectivity index (χ0) is 20.6. The molecule has 1 aliphatic heterocycles. The molecule has 1 amide bonds. The van der Waals surface area contributed by atoms with Gasteiger partial charge in [-0.3, -0.25) is 4.79 Å². The first kappa shape index (κ1) is 21.2. The Bertz CT molecular complexity index is 856. The molecule has 0 radical (unpaired) electrons. The number of amides is 1. The van der Waals surface area contributed by atoms with Crippen LogP contribution in [0.4, 0.5) is 5.69 Å². The Hall–Kier alpha value is -2.50. The van der Waals surface area contributed by atoms with Crippen molar-refractivity contribution in [3.8, 4) is 5.75 Å². The predicted octanol–water partition coefficient (Wildman–Crippen LogP) is 3.78. The number of nitrogens with one attached hydrogen (secondary N) is 2. The lowest BCUT2D eigenvalue weighted by atomic mass is 10.1. The highest BCUT2D eigenvalue weighted by Crippen LogP contribution is 2.34. The lowest BCUT2D eigenvalue weighted by Crippen LogP contribution is -2.49. The van der Waals surface area contributed by atoms with Gasteiger partial charge in [0.15, 0.2) is 6.10 Å². The average Bonchev–Trinajstić information content (AvgIpc) is 2.74. The summed E-state index contributed by atoms with van der Waals surface area (Å²) in [5, 5.41) is 7.26. The molecule has 3 rings (SSSR count). The molecule has 1 heterocycles. The van der Waals surface area contributed by atoms with Gasteiger partial charge in [-0.1, -0.05) is 49.4 Å². The first-order chi connectivity index (χ1) is 14.1. The van der Waals surface area contributed by atoms with Gasteiger partial charge in [0.2, 0.25) is 5.91 Å². The van der Waals surface area contributed by atoms with Crippen LogP contribution in [0.5, 0.6) is 5.75 Å². The largest absolute Gasteiger partial charge is 0.480 e. The van der Waals surface area contributed by atoms with Crippen LogP contribution in [0.1, 0.15) is 18.9 Å². The summed E-state index contributed by atoms with van der Waals surface area (Å²) < 4.78 is 6.08. The molecule has 0 saturated carbocycles. The lowest BCUT2D eigenvalue weighted by Gasteiger charge is -2.36. The zero-order valence-electron chi connectivity index (χ0n) is 16.8. The molecule has 0 spiro atoms. The van der Waals surface area contributed by atoms with E-state index in [0.717, 1.165) is 41.4 Å². The third-order valence-electron chi connectivity index (χ3n) is 4.82. The quantitative estimate of drug-likeness (QED) is 0.614. The fraction of sp³-hybridized carbons (Fsp3) is 0.348. The zero-order valence-corrected chi connectivity index (χ0v) is 17.5. The number of fused-ring (bicyclic) bond motifs is 1. The highest BCUT2D eigenvalue weighted by atomic mass is 35.5. The third kappa shape index (κ3) is 5.75. The van der Waals surface area contributed by atoms with Crippen LogP contribution in [0.25, 0.3) is 0 Å². The summed E-state index contributed by atoms with van der Waals surface area (Å²) in [4.78, 5) is 14.7. The van der Waals surface area contributed by atoms with Crippen LogP contribution in [-0.4, -0.2) is 38.2 Å². The van der Waals surface area contributed by atoms with Gasteiger partial charge in [0.1, 0.15) is 5.75 Å². The minimum atomic E-state index is -0.271.